The Bertz CT molecular complexity index is 1150. The predicted molar refractivity (Wildman–Crippen MR) is 122 cm³/mol. The molecule has 1 saturated heterocycles. The summed E-state index contributed by atoms with van der Waals surface area (Å²) >= 11 is 6.15. The number of hydrogen-bond acceptors (Lipinski definition) is 4. The van der Waals surface area contributed by atoms with E-state index in [1.807, 2.05) is 76.7 Å². The van der Waals surface area contributed by atoms with E-state index in [0.29, 0.717) is 30.2 Å². The Balaban J connectivity index is 1.43. The van der Waals surface area contributed by atoms with Crippen LogP contribution < -0.4 is 5.32 Å². The first kappa shape index (κ1) is 20.7. The number of fused-ring (bicyclic) bond motifs is 3. The molecule has 2 aliphatic heterocycles. The fourth-order valence-electron chi connectivity index (χ4n) is 4.85. The van der Waals surface area contributed by atoms with Crippen molar-refractivity contribution in [1.82, 2.24) is 20.1 Å². The van der Waals surface area contributed by atoms with E-state index in [9.17, 15) is 9.59 Å². The summed E-state index contributed by atoms with van der Waals surface area (Å²) < 4.78 is 0. The second-order valence-electron chi connectivity index (χ2n) is 8.01. The Labute approximate surface area is 191 Å². The van der Waals surface area contributed by atoms with E-state index in [1.54, 1.807) is 6.20 Å². The molecule has 1 aromatic heterocycles. The van der Waals surface area contributed by atoms with Crippen LogP contribution in [0.5, 0.6) is 0 Å². The van der Waals surface area contributed by atoms with Crippen molar-refractivity contribution < 1.29 is 9.59 Å². The minimum Gasteiger partial charge on any atom is -0.309 e. The standard InChI is InChI=1S/C25H23ClN4O2/c26-20-9-7-19(8-10-20)25-22-6-2-1-5-21(22)24(32)30(25)15-14-29(25)23(31)17-28-13-11-18-4-3-12-27-16-18/h1-10,12,16,28H,11,13-15,17H2. The first-order valence-electron chi connectivity index (χ1n) is 10.7. The Hall–Kier alpha value is -3.22. The third-order valence-electron chi connectivity index (χ3n) is 6.24. The van der Waals surface area contributed by atoms with Crippen LogP contribution in [0.25, 0.3) is 0 Å². The van der Waals surface area contributed by atoms with E-state index in [-0.39, 0.29) is 18.4 Å². The van der Waals surface area contributed by atoms with Gasteiger partial charge in [0, 0.05) is 47.2 Å². The highest BCUT2D eigenvalue weighted by Gasteiger charge is 2.59. The van der Waals surface area contributed by atoms with Crippen molar-refractivity contribution >= 4 is 23.4 Å². The van der Waals surface area contributed by atoms with Crippen LogP contribution in [0, 0.1) is 0 Å². The highest BCUT2D eigenvalue weighted by Crippen LogP contribution is 2.49. The van der Waals surface area contributed by atoms with Crippen molar-refractivity contribution in [3.63, 3.8) is 0 Å². The summed E-state index contributed by atoms with van der Waals surface area (Å²) in [7, 11) is 0. The van der Waals surface area contributed by atoms with Gasteiger partial charge < -0.3 is 15.1 Å². The van der Waals surface area contributed by atoms with Crippen LogP contribution in [0.3, 0.4) is 0 Å². The number of hydrogen-bond donors (Lipinski definition) is 1. The monoisotopic (exact) mass is 446 g/mol. The van der Waals surface area contributed by atoms with E-state index in [1.165, 1.54) is 0 Å². The van der Waals surface area contributed by atoms with Gasteiger partial charge in [-0.2, -0.15) is 0 Å². The van der Waals surface area contributed by atoms with Gasteiger partial charge in [0.05, 0.1) is 6.54 Å². The number of rotatable bonds is 6. The molecule has 3 aromatic rings. The molecule has 1 atom stereocenters. The lowest BCUT2D eigenvalue weighted by Gasteiger charge is -2.40. The van der Waals surface area contributed by atoms with E-state index >= 15 is 0 Å². The van der Waals surface area contributed by atoms with Crippen LogP contribution in [0.1, 0.15) is 27.0 Å². The van der Waals surface area contributed by atoms with Crippen LogP contribution in [-0.4, -0.2) is 52.8 Å². The topological polar surface area (TPSA) is 65.5 Å². The molecule has 0 aliphatic carbocycles. The van der Waals surface area contributed by atoms with Gasteiger partial charge in [0.2, 0.25) is 5.91 Å². The fourth-order valence-corrected chi connectivity index (χ4v) is 4.98. The molecule has 0 radical (unpaired) electrons. The Morgan fingerprint density at radius 3 is 2.66 bits per heavy atom. The summed E-state index contributed by atoms with van der Waals surface area (Å²) in [6.45, 7) is 1.82. The molecule has 2 aromatic carbocycles. The molecule has 0 spiro atoms. The van der Waals surface area contributed by atoms with E-state index in [4.69, 9.17) is 11.6 Å². The van der Waals surface area contributed by atoms with Crippen molar-refractivity contribution in [2.75, 3.05) is 26.2 Å². The van der Waals surface area contributed by atoms with Gasteiger partial charge in [-0.15, -0.1) is 0 Å². The first-order valence-corrected chi connectivity index (χ1v) is 11.1. The maximum atomic E-state index is 13.4. The van der Waals surface area contributed by atoms with Crippen LogP contribution in [-0.2, 0) is 16.9 Å². The van der Waals surface area contributed by atoms with Crippen molar-refractivity contribution in [2.24, 2.45) is 0 Å². The average Bonchev–Trinajstić information content (AvgIpc) is 3.33. The SMILES string of the molecule is O=C(CNCCc1cccnc1)N1CCN2C(=O)c3ccccc3C12c1ccc(Cl)cc1. The lowest BCUT2D eigenvalue weighted by atomic mass is 9.90. The number of amides is 2. The van der Waals surface area contributed by atoms with Crippen molar-refractivity contribution in [1.29, 1.82) is 0 Å². The smallest absolute Gasteiger partial charge is 0.256 e. The van der Waals surface area contributed by atoms with Gasteiger partial charge in [-0.1, -0.05) is 48.0 Å². The molecule has 2 amide bonds. The average molecular weight is 447 g/mol. The molecule has 32 heavy (non-hydrogen) atoms. The van der Waals surface area contributed by atoms with Crippen LogP contribution in [0.2, 0.25) is 5.02 Å². The van der Waals surface area contributed by atoms with Gasteiger partial charge in [0.25, 0.3) is 5.91 Å². The van der Waals surface area contributed by atoms with Crippen LogP contribution >= 0.6 is 11.6 Å². The Morgan fingerprint density at radius 1 is 1.06 bits per heavy atom. The molecule has 1 N–H and O–H groups in total. The highest BCUT2D eigenvalue weighted by atomic mass is 35.5. The molecule has 2 aliphatic rings. The van der Waals surface area contributed by atoms with Crippen molar-refractivity contribution in [2.45, 2.75) is 12.1 Å². The molecule has 5 rings (SSSR count). The number of carbonyl (C=O) groups is 2. The van der Waals surface area contributed by atoms with Crippen molar-refractivity contribution in [3.05, 3.63) is 100 Å². The molecule has 1 fully saturated rings. The first-order chi connectivity index (χ1) is 15.6. The molecule has 6 nitrogen and oxygen atoms in total. The maximum absolute atomic E-state index is 13.4. The van der Waals surface area contributed by atoms with Gasteiger partial charge in [0.15, 0.2) is 5.66 Å². The van der Waals surface area contributed by atoms with Gasteiger partial charge >= 0.3 is 0 Å². The number of aromatic nitrogens is 1. The van der Waals surface area contributed by atoms with Crippen LogP contribution in [0.15, 0.2) is 73.1 Å². The number of nitrogens with zero attached hydrogens (tertiary/aromatic N) is 3. The molecule has 3 heterocycles. The summed E-state index contributed by atoms with van der Waals surface area (Å²) in [6, 6.07) is 18.9. The number of carbonyl (C=O) groups excluding carboxylic acids is 2. The lowest BCUT2D eigenvalue weighted by Crippen LogP contribution is -2.53. The third-order valence-corrected chi connectivity index (χ3v) is 6.50. The van der Waals surface area contributed by atoms with Gasteiger partial charge in [-0.05, 0) is 42.8 Å². The summed E-state index contributed by atoms with van der Waals surface area (Å²) in [6.07, 6.45) is 4.37. The molecule has 7 heteroatoms. The minimum absolute atomic E-state index is 0.0434. The molecule has 0 saturated carbocycles. The molecule has 0 bridgehead atoms. The fraction of sp³-hybridized carbons (Fsp3) is 0.240. The summed E-state index contributed by atoms with van der Waals surface area (Å²) in [5.41, 5.74) is 2.52. The van der Waals surface area contributed by atoms with Gasteiger partial charge in [0.1, 0.15) is 0 Å². The quantitative estimate of drug-likeness (QED) is 0.591. The Morgan fingerprint density at radius 2 is 1.88 bits per heavy atom. The van der Waals surface area contributed by atoms with E-state index in [0.717, 1.165) is 23.1 Å². The zero-order valence-corrected chi connectivity index (χ0v) is 18.3. The molecule has 162 valence electrons. The minimum atomic E-state index is -0.944. The second kappa shape index (κ2) is 8.37. The molecular formula is C25H23ClN4O2. The zero-order valence-electron chi connectivity index (χ0n) is 17.5. The summed E-state index contributed by atoms with van der Waals surface area (Å²) in [4.78, 5) is 34.5. The molecule has 1 unspecified atom stereocenters. The maximum Gasteiger partial charge on any atom is 0.256 e. The predicted octanol–water partition coefficient (Wildman–Crippen LogP) is 3.07. The number of nitrogens with one attached hydrogen (secondary N) is 1. The van der Waals surface area contributed by atoms with E-state index < -0.39 is 5.66 Å². The highest BCUT2D eigenvalue weighted by molar-refractivity contribution is 6.30. The lowest BCUT2D eigenvalue weighted by molar-refractivity contribution is -0.135. The van der Waals surface area contributed by atoms with Gasteiger partial charge in [-0.3, -0.25) is 14.6 Å². The largest absolute Gasteiger partial charge is 0.309 e. The third kappa shape index (κ3) is 3.27. The van der Waals surface area contributed by atoms with E-state index in [2.05, 4.69) is 10.3 Å². The van der Waals surface area contributed by atoms with Crippen molar-refractivity contribution in [3.8, 4) is 0 Å². The molecular weight excluding hydrogens is 424 g/mol. The summed E-state index contributed by atoms with van der Waals surface area (Å²) in [5, 5.41) is 3.87. The van der Waals surface area contributed by atoms with Crippen LogP contribution in [0.4, 0.5) is 0 Å². The number of pyridine rings is 1. The Kier molecular flexibility index (Phi) is 5.41. The zero-order chi connectivity index (χ0) is 22.1. The number of benzene rings is 2. The second-order valence-corrected chi connectivity index (χ2v) is 8.45. The number of halogens is 1. The van der Waals surface area contributed by atoms with Gasteiger partial charge in [-0.25, -0.2) is 0 Å². The normalized spacial score (nSPS) is 19.2. The summed E-state index contributed by atoms with van der Waals surface area (Å²) in [5.74, 6) is -0.0893.